The van der Waals surface area contributed by atoms with Gasteiger partial charge in [0.15, 0.2) is 0 Å². The average molecular weight is 397 g/mol. The molecule has 1 aromatic carbocycles. The van der Waals surface area contributed by atoms with Crippen molar-refractivity contribution in [2.75, 3.05) is 20.7 Å². The second-order valence-corrected chi connectivity index (χ2v) is 6.75. The SMILES string of the molecule is COc1ccc(-c2noc(CCC(=O)N(C)CCC(N)C(C)C)n2)cc1.Cl. The van der Waals surface area contributed by atoms with Crippen molar-refractivity contribution in [2.24, 2.45) is 11.7 Å². The number of halogens is 1. The number of carbonyl (C=O) groups excluding carboxylic acids is 1. The minimum absolute atomic E-state index is 0. The molecule has 0 radical (unpaired) electrons. The number of ether oxygens (including phenoxy) is 1. The summed E-state index contributed by atoms with van der Waals surface area (Å²) < 4.78 is 10.4. The average Bonchev–Trinajstić information content (AvgIpc) is 3.12. The van der Waals surface area contributed by atoms with Gasteiger partial charge < -0.3 is 19.9 Å². The highest BCUT2D eigenvalue weighted by Gasteiger charge is 2.15. The number of amides is 1. The molecule has 8 heteroatoms. The molecule has 0 bridgehead atoms. The quantitative estimate of drug-likeness (QED) is 0.700. The van der Waals surface area contributed by atoms with Crippen molar-refractivity contribution in [2.45, 2.75) is 39.2 Å². The Hall–Kier alpha value is -2.12. The Morgan fingerprint density at radius 3 is 2.56 bits per heavy atom. The van der Waals surface area contributed by atoms with Crippen LogP contribution in [-0.4, -0.2) is 47.7 Å². The molecule has 2 N–H and O–H groups in total. The molecule has 27 heavy (non-hydrogen) atoms. The fraction of sp³-hybridized carbons (Fsp3) is 0.526. The standard InChI is InChI=1S/C19H28N4O3.ClH/c1-13(2)16(20)11-12-23(3)18(24)10-9-17-21-19(22-26-17)14-5-7-15(25-4)8-6-14;/h5-8,13,16H,9-12,20H2,1-4H3;1H. The molecule has 0 aliphatic heterocycles. The van der Waals surface area contributed by atoms with Gasteiger partial charge in [-0.05, 0) is 36.6 Å². The summed E-state index contributed by atoms with van der Waals surface area (Å²) in [5.41, 5.74) is 6.87. The Labute approximate surface area is 166 Å². The maximum atomic E-state index is 12.2. The van der Waals surface area contributed by atoms with Gasteiger partial charge in [-0.15, -0.1) is 12.4 Å². The highest BCUT2D eigenvalue weighted by molar-refractivity contribution is 5.85. The molecule has 150 valence electrons. The third kappa shape index (κ3) is 6.84. The highest BCUT2D eigenvalue weighted by atomic mass is 35.5. The maximum absolute atomic E-state index is 12.2. The molecule has 1 atom stereocenters. The van der Waals surface area contributed by atoms with Crippen molar-refractivity contribution in [1.82, 2.24) is 15.0 Å². The van der Waals surface area contributed by atoms with Crippen LogP contribution in [0.3, 0.4) is 0 Å². The number of nitrogens with two attached hydrogens (primary N) is 1. The summed E-state index contributed by atoms with van der Waals surface area (Å²) in [7, 11) is 3.41. The van der Waals surface area contributed by atoms with Crippen LogP contribution >= 0.6 is 12.4 Å². The topological polar surface area (TPSA) is 94.5 Å². The van der Waals surface area contributed by atoms with Gasteiger partial charge in [0.2, 0.25) is 17.6 Å². The first kappa shape index (κ1) is 22.9. The normalized spacial score (nSPS) is 11.8. The van der Waals surface area contributed by atoms with Gasteiger partial charge in [-0.1, -0.05) is 19.0 Å². The van der Waals surface area contributed by atoms with E-state index in [0.29, 0.717) is 37.0 Å². The molecule has 2 aromatic rings. The van der Waals surface area contributed by atoms with Crippen LogP contribution in [0.5, 0.6) is 5.75 Å². The number of hydrogen-bond acceptors (Lipinski definition) is 6. The van der Waals surface area contributed by atoms with Crippen LogP contribution in [0.15, 0.2) is 28.8 Å². The van der Waals surface area contributed by atoms with E-state index in [1.807, 2.05) is 24.3 Å². The third-order valence-corrected chi connectivity index (χ3v) is 4.45. The summed E-state index contributed by atoms with van der Waals surface area (Å²) in [5.74, 6) is 2.18. The molecular formula is C19H29ClN4O3. The molecule has 0 spiro atoms. The minimum Gasteiger partial charge on any atom is -0.497 e. The van der Waals surface area contributed by atoms with Crippen molar-refractivity contribution in [1.29, 1.82) is 0 Å². The van der Waals surface area contributed by atoms with Gasteiger partial charge in [0, 0.05) is 38.0 Å². The van der Waals surface area contributed by atoms with Crippen molar-refractivity contribution in [3.8, 4) is 17.1 Å². The van der Waals surface area contributed by atoms with Crippen LogP contribution in [0.1, 0.15) is 32.6 Å². The van der Waals surface area contributed by atoms with Gasteiger partial charge in [-0.3, -0.25) is 4.79 Å². The summed E-state index contributed by atoms with van der Waals surface area (Å²) >= 11 is 0. The van der Waals surface area contributed by atoms with Gasteiger partial charge in [-0.2, -0.15) is 4.98 Å². The number of hydrogen-bond donors (Lipinski definition) is 1. The first-order chi connectivity index (χ1) is 12.4. The zero-order valence-electron chi connectivity index (χ0n) is 16.3. The Morgan fingerprint density at radius 1 is 1.30 bits per heavy atom. The second kappa shape index (κ2) is 10.9. The van der Waals surface area contributed by atoms with Crippen LogP contribution in [0.4, 0.5) is 0 Å². The summed E-state index contributed by atoms with van der Waals surface area (Å²) in [5, 5.41) is 3.98. The fourth-order valence-electron chi connectivity index (χ4n) is 2.42. The molecule has 1 heterocycles. The second-order valence-electron chi connectivity index (χ2n) is 6.75. The molecule has 0 saturated carbocycles. The molecule has 0 aliphatic carbocycles. The number of aryl methyl sites for hydroxylation is 1. The van der Waals surface area contributed by atoms with Gasteiger partial charge in [0.1, 0.15) is 5.75 Å². The van der Waals surface area contributed by atoms with Crippen molar-refractivity contribution in [3.05, 3.63) is 30.2 Å². The summed E-state index contributed by atoms with van der Waals surface area (Å²) in [4.78, 5) is 18.3. The molecule has 1 aromatic heterocycles. The Kier molecular flexibility index (Phi) is 9.25. The lowest BCUT2D eigenvalue weighted by atomic mass is 10.0. The van der Waals surface area contributed by atoms with E-state index in [4.69, 9.17) is 15.0 Å². The largest absolute Gasteiger partial charge is 0.497 e. The first-order valence-electron chi connectivity index (χ1n) is 8.87. The molecule has 0 saturated heterocycles. The highest BCUT2D eigenvalue weighted by Crippen LogP contribution is 2.20. The van der Waals surface area contributed by atoms with Crippen LogP contribution in [0.2, 0.25) is 0 Å². The van der Waals surface area contributed by atoms with Crippen LogP contribution in [0.25, 0.3) is 11.4 Å². The van der Waals surface area contributed by atoms with Crippen LogP contribution in [0, 0.1) is 5.92 Å². The smallest absolute Gasteiger partial charge is 0.227 e. The Balaban J connectivity index is 0.00000364. The van der Waals surface area contributed by atoms with Crippen LogP contribution in [-0.2, 0) is 11.2 Å². The van der Waals surface area contributed by atoms with Crippen molar-refractivity contribution in [3.63, 3.8) is 0 Å². The third-order valence-electron chi connectivity index (χ3n) is 4.45. The molecule has 2 rings (SSSR count). The first-order valence-corrected chi connectivity index (χ1v) is 8.87. The molecule has 1 amide bonds. The summed E-state index contributed by atoms with van der Waals surface area (Å²) in [6, 6.07) is 7.51. The van der Waals surface area contributed by atoms with Crippen molar-refractivity contribution >= 4 is 18.3 Å². The van der Waals surface area contributed by atoms with Crippen LogP contribution < -0.4 is 10.5 Å². The number of methoxy groups -OCH3 is 1. The number of rotatable bonds is 9. The van der Waals surface area contributed by atoms with E-state index in [-0.39, 0.29) is 24.4 Å². The molecule has 1 unspecified atom stereocenters. The monoisotopic (exact) mass is 396 g/mol. The zero-order valence-corrected chi connectivity index (χ0v) is 17.2. The Morgan fingerprint density at radius 2 is 1.96 bits per heavy atom. The van der Waals surface area contributed by atoms with Gasteiger partial charge in [0.25, 0.3) is 0 Å². The lowest BCUT2D eigenvalue weighted by Gasteiger charge is -2.21. The van der Waals surface area contributed by atoms with Gasteiger partial charge >= 0.3 is 0 Å². The van der Waals surface area contributed by atoms with E-state index >= 15 is 0 Å². The lowest BCUT2D eigenvalue weighted by Crippen LogP contribution is -2.34. The van der Waals surface area contributed by atoms with E-state index in [9.17, 15) is 4.79 Å². The molecule has 0 aliphatic rings. The number of nitrogens with zero attached hydrogens (tertiary/aromatic N) is 3. The predicted octanol–water partition coefficient (Wildman–Crippen LogP) is 2.93. The number of aromatic nitrogens is 2. The summed E-state index contributed by atoms with van der Waals surface area (Å²) in [6.07, 6.45) is 1.54. The van der Waals surface area contributed by atoms with E-state index < -0.39 is 0 Å². The fourth-order valence-corrected chi connectivity index (χ4v) is 2.42. The van der Waals surface area contributed by atoms with Gasteiger partial charge in [-0.25, -0.2) is 0 Å². The Bertz CT molecular complexity index is 703. The predicted molar refractivity (Wildman–Crippen MR) is 107 cm³/mol. The van der Waals surface area contributed by atoms with E-state index in [1.165, 1.54) is 0 Å². The van der Waals surface area contributed by atoms with E-state index in [1.54, 1.807) is 19.1 Å². The lowest BCUT2D eigenvalue weighted by molar-refractivity contribution is -0.130. The van der Waals surface area contributed by atoms with Gasteiger partial charge in [0.05, 0.1) is 7.11 Å². The van der Waals surface area contributed by atoms with Crippen molar-refractivity contribution < 1.29 is 14.1 Å². The summed E-state index contributed by atoms with van der Waals surface area (Å²) in [6.45, 7) is 4.82. The number of carbonyl (C=O) groups is 1. The maximum Gasteiger partial charge on any atom is 0.227 e. The van der Waals surface area contributed by atoms with E-state index in [2.05, 4.69) is 24.0 Å². The molecule has 7 nitrogen and oxygen atoms in total. The molecular weight excluding hydrogens is 368 g/mol. The molecule has 0 fully saturated rings. The number of benzene rings is 1. The van der Waals surface area contributed by atoms with E-state index in [0.717, 1.165) is 17.7 Å². The zero-order chi connectivity index (χ0) is 19.1. The minimum atomic E-state index is 0.